The maximum absolute atomic E-state index is 12.5. The van der Waals surface area contributed by atoms with Crippen molar-refractivity contribution in [1.82, 2.24) is 20.0 Å². The number of nitrogens with zero attached hydrogens (tertiary/aromatic N) is 3. The molecule has 0 aliphatic carbocycles. The average molecular weight is 463 g/mol. The lowest BCUT2D eigenvalue weighted by Crippen LogP contribution is -2.38. The number of para-hydroxylation sites is 2. The number of ether oxygens (including phenoxy) is 1. The quantitative estimate of drug-likeness (QED) is 0.332. The Morgan fingerprint density at radius 2 is 1.76 bits per heavy atom. The summed E-state index contributed by atoms with van der Waals surface area (Å²) >= 11 is 0. The summed E-state index contributed by atoms with van der Waals surface area (Å²) < 4.78 is 7.06. The standard InChI is InChI=1S/C25H30N6O3/c26-22-4-1-2-5-23(22)29-25(33)20-8-6-19(7-9-20)17-31-18-21(16-28-31)24(32)27-10-3-11-30-12-14-34-15-13-30/h1-2,4-9,16,18H,3,10-15,17,26H2,(H,27,32)(H,29,33). The summed E-state index contributed by atoms with van der Waals surface area (Å²) in [6.45, 7) is 5.55. The molecule has 4 rings (SSSR count). The highest BCUT2D eigenvalue weighted by Crippen LogP contribution is 2.18. The Labute approximate surface area is 198 Å². The van der Waals surface area contributed by atoms with Gasteiger partial charge in [0, 0.05) is 31.4 Å². The minimum atomic E-state index is -0.226. The Morgan fingerprint density at radius 3 is 2.53 bits per heavy atom. The van der Waals surface area contributed by atoms with Crippen LogP contribution in [0.5, 0.6) is 0 Å². The van der Waals surface area contributed by atoms with E-state index in [1.165, 1.54) is 0 Å². The largest absolute Gasteiger partial charge is 0.397 e. The average Bonchev–Trinajstić information content (AvgIpc) is 3.33. The summed E-state index contributed by atoms with van der Waals surface area (Å²) in [5.41, 5.74) is 9.02. The molecular weight excluding hydrogens is 432 g/mol. The molecular formula is C25H30N6O3. The summed E-state index contributed by atoms with van der Waals surface area (Å²) in [6.07, 6.45) is 4.20. The molecule has 9 heteroatoms. The van der Waals surface area contributed by atoms with Crippen LogP contribution in [-0.4, -0.2) is 65.9 Å². The Hall–Kier alpha value is -3.69. The lowest BCUT2D eigenvalue weighted by atomic mass is 10.1. The van der Waals surface area contributed by atoms with Gasteiger partial charge in [-0.05, 0) is 42.8 Å². The van der Waals surface area contributed by atoms with E-state index in [1.807, 2.05) is 24.3 Å². The zero-order chi connectivity index (χ0) is 23.8. The number of nitrogen functional groups attached to an aromatic ring is 1. The molecule has 3 aromatic rings. The van der Waals surface area contributed by atoms with E-state index in [4.69, 9.17) is 10.5 Å². The monoisotopic (exact) mass is 462 g/mol. The number of aromatic nitrogens is 2. The molecule has 2 aromatic carbocycles. The zero-order valence-corrected chi connectivity index (χ0v) is 19.1. The second kappa shape index (κ2) is 11.4. The van der Waals surface area contributed by atoms with E-state index in [-0.39, 0.29) is 11.8 Å². The van der Waals surface area contributed by atoms with Gasteiger partial charge in [0.25, 0.3) is 11.8 Å². The number of amides is 2. The Balaban J connectivity index is 1.24. The zero-order valence-electron chi connectivity index (χ0n) is 19.1. The van der Waals surface area contributed by atoms with Crippen LogP contribution in [0.15, 0.2) is 60.9 Å². The van der Waals surface area contributed by atoms with Crippen LogP contribution in [-0.2, 0) is 11.3 Å². The number of rotatable bonds is 9. The highest BCUT2D eigenvalue weighted by atomic mass is 16.5. The van der Waals surface area contributed by atoms with Gasteiger partial charge in [0.2, 0.25) is 0 Å². The van der Waals surface area contributed by atoms with Crippen LogP contribution in [0.25, 0.3) is 0 Å². The Morgan fingerprint density at radius 1 is 1.00 bits per heavy atom. The van der Waals surface area contributed by atoms with E-state index < -0.39 is 0 Å². The topological polar surface area (TPSA) is 115 Å². The number of benzene rings is 2. The lowest BCUT2D eigenvalue weighted by molar-refractivity contribution is 0.0374. The number of nitrogens with one attached hydrogen (secondary N) is 2. The van der Waals surface area contributed by atoms with E-state index in [2.05, 4.69) is 20.6 Å². The van der Waals surface area contributed by atoms with Gasteiger partial charge in [-0.15, -0.1) is 0 Å². The van der Waals surface area contributed by atoms with Crippen molar-refractivity contribution in [2.75, 3.05) is 50.4 Å². The fraction of sp³-hybridized carbons (Fsp3) is 0.320. The van der Waals surface area contributed by atoms with E-state index in [9.17, 15) is 9.59 Å². The number of carbonyl (C=O) groups excluding carboxylic acids is 2. The van der Waals surface area contributed by atoms with Crippen LogP contribution in [0.1, 0.15) is 32.7 Å². The minimum absolute atomic E-state index is 0.125. The van der Waals surface area contributed by atoms with Gasteiger partial charge in [0.05, 0.1) is 42.9 Å². The minimum Gasteiger partial charge on any atom is -0.397 e. The Kier molecular flexibility index (Phi) is 7.90. The molecule has 0 radical (unpaired) electrons. The first-order chi connectivity index (χ1) is 16.6. The van der Waals surface area contributed by atoms with Crippen molar-refractivity contribution in [2.45, 2.75) is 13.0 Å². The fourth-order valence-corrected chi connectivity index (χ4v) is 3.75. The number of morpholine rings is 1. The molecule has 2 heterocycles. The first kappa shape index (κ1) is 23.5. The molecule has 4 N–H and O–H groups in total. The van der Waals surface area contributed by atoms with E-state index in [0.29, 0.717) is 35.6 Å². The van der Waals surface area contributed by atoms with Crippen molar-refractivity contribution >= 4 is 23.2 Å². The summed E-state index contributed by atoms with van der Waals surface area (Å²) in [5, 5.41) is 10.1. The van der Waals surface area contributed by atoms with E-state index in [1.54, 1.807) is 41.3 Å². The van der Waals surface area contributed by atoms with Crippen LogP contribution in [0.2, 0.25) is 0 Å². The molecule has 0 atom stereocenters. The van der Waals surface area contributed by atoms with Gasteiger partial charge in [-0.2, -0.15) is 5.10 Å². The van der Waals surface area contributed by atoms with Gasteiger partial charge in [-0.1, -0.05) is 24.3 Å². The van der Waals surface area contributed by atoms with Crippen molar-refractivity contribution < 1.29 is 14.3 Å². The highest BCUT2D eigenvalue weighted by Gasteiger charge is 2.12. The highest BCUT2D eigenvalue weighted by molar-refractivity contribution is 6.05. The molecule has 1 fully saturated rings. The van der Waals surface area contributed by atoms with Crippen molar-refractivity contribution in [2.24, 2.45) is 0 Å². The number of carbonyl (C=O) groups is 2. The molecule has 34 heavy (non-hydrogen) atoms. The molecule has 1 aromatic heterocycles. The SMILES string of the molecule is Nc1ccccc1NC(=O)c1ccc(Cn2cc(C(=O)NCCCN3CCOCC3)cn2)cc1. The van der Waals surface area contributed by atoms with Gasteiger partial charge in [0.1, 0.15) is 0 Å². The Bertz CT molecular complexity index is 1110. The van der Waals surface area contributed by atoms with Crippen LogP contribution < -0.4 is 16.4 Å². The molecule has 1 aliphatic heterocycles. The molecule has 2 amide bonds. The lowest BCUT2D eigenvalue weighted by Gasteiger charge is -2.26. The summed E-state index contributed by atoms with van der Waals surface area (Å²) in [6, 6.07) is 14.4. The number of hydrogen-bond acceptors (Lipinski definition) is 6. The molecule has 9 nitrogen and oxygen atoms in total. The van der Waals surface area contributed by atoms with Crippen molar-refractivity contribution in [3.63, 3.8) is 0 Å². The van der Waals surface area contributed by atoms with Gasteiger partial charge in [-0.25, -0.2) is 0 Å². The predicted molar refractivity (Wildman–Crippen MR) is 131 cm³/mol. The molecule has 178 valence electrons. The fourth-order valence-electron chi connectivity index (χ4n) is 3.75. The summed E-state index contributed by atoms with van der Waals surface area (Å²) in [4.78, 5) is 27.2. The number of hydrogen-bond donors (Lipinski definition) is 3. The number of anilines is 2. The van der Waals surface area contributed by atoms with Gasteiger partial charge in [0.15, 0.2) is 0 Å². The summed E-state index contributed by atoms with van der Waals surface area (Å²) in [5.74, 6) is -0.350. The normalized spacial score (nSPS) is 14.0. The first-order valence-corrected chi connectivity index (χ1v) is 11.4. The predicted octanol–water partition coefficient (Wildman–Crippen LogP) is 2.22. The van der Waals surface area contributed by atoms with Crippen LogP contribution in [0, 0.1) is 0 Å². The number of nitrogens with two attached hydrogens (primary N) is 1. The van der Waals surface area contributed by atoms with Gasteiger partial charge >= 0.3 is 0 Å². The third kappa shape index (κ3) is 6.43. The molecule has 0 unspecified atom stereocenters. The van der Waals surface area contributed by atoms with Gasteiger partial charge in [-0.3, -0.25) is 19.2 Å². The molecule has 0 spiro atoms. The van der Waals surface area contributed by atoms with E-state index >= 15 is 0 Å². The maximum Gasteiger partial charge on any atom is 0.255 e. The van der Waals surface area contributed by atoms with E-state index in [0.717, 1.165) is 44.8 Å². The van der Waals surface area contributed by atoms with Crippen LogP contribution in [0.3, 0.4) is 0 Å². The molecule has 1 aliphatic rings. The molecule has 0 saturated carbocycles. The maximum atomic E-state index is 12.5. The summed E-state index contributed by atoms with van der Waals surface area (Å²) in [7, 11) is 0. The van der Waals surface area contributed by atoms with Crippen LogP contribution >= 0.6 is 0 Å². The third-order valence-electron chi connectivity index (χ3n) is 5.71. The third-order valence-corrected chi connectivity index (χ3v) is 5.71. The van der Waals surface area contributed by atoms with Crippen LogP contribution in [0.4, 0.5) is 11.4 Å². The smallest absolute Gasteiger partial charge is 0.255 e. The van der Waals surface area contributed by atoms with Gasteiger partial charge < -0.3 is 21.1 Å². The first-order valence-electron chi connectivity index (χ1n) is 11.4. The van der Waals surface area contributed by atoms with Crippen molar-refractivity contribution in [3.8, 4) is 0 Å². The second-order valence-electron chi connectivity index (χ2n) is 8.23. The second-order valence-corrected chi connectivity index (χ2v) is 8.23. The molecule has 1 saturated heterocycles. The molecule has 0 bridgehead atoms. The van der Waals surface area contributed by atoms with Crippen molar-refractivity contribution in [3.05, 3.63) is 77.6 Å². The van der Waals surface area contributed by atoms with Crippen molar-refractivity contribution in [1.29, 1.82) is 0 Å².